The van der Waals surface area contributed by atoms with Gasteiger partial charge in [-0.3, -0.25) is 4.79 Å². The highest BCUT2D eigenvalue weighted by atomic mass is 16.5. The first-order valence-electron chi connectivity index (χ1n) is 9.22. The Morgan fingerprint density at radius 1 is 1.11 bits per heavy atom. The minimum atomic E-state index is -0.0715. The highest BCUT2D eigenvalue weighted by Crippen LogP contribution is 2.28. The number of methoxy groups -OCH3 is 2. The summed E-state index contributed by atoms with van der Waals surface area (Å²) in [7, 11) is 3.20. The van der Waals surface area contributed by atoms with Gasteiger partial charge in [0.05, 0.1) is 26.1 Å². The van der Waals surface area contributed by atoms with Gasteiger partial charge in [-0.05, 0) is 48.6 Å². The number of nitrogens with one attached hydrogen (secondary N) is 2. The van der Waals surface area contributed by atoms with Crippen LogP contribution in [0.25, 0.3) is 0 Å². The molecule has 0 atom stereocenters. The number of benzene rings is 1. The van der Waals surface area contributed by atoms with Crippen molar-refractivity contribution in [1.29, 1.82) is 0 Å². The summed E-state index contributed by atoms with van der Waals surface area (Å²) in [6, 6.07) is 9.41. The SMILES string of the molecule is COc1ccc(CCC(=O)Nc2ccc(NCCC(C)C)cn2)cc1OC. The molecule has 1 aromatic carbocycles. The van der Waals surface area contributed by atoms with E-state index < -0.39 is 0 Å². The molecular formula is C21H29N3O3. The molecule has 2 rings (SSSR count). The van der Waals surface area contributed by atoms with Crippen molar-refractivity contribution in [3.8, 4) is 11.5 Å². The second-order valence-electron chi connectivity index (χ2n) is 6.78. The molecule has 1 heterocycles. The van der Waals surface area contributed by atoms with Crippen LogP contribution in [0.2, 0.25) is 0 Å². The fraction of sp³-hybridized carbons (Fsp3) is 0.429. The fourth-order valence-electron chi connectivity index (χ4n) is 2.58. The molecule has 0 saturated heterocycles. The maximum atomic E-state index is 12.2. The Hall–Kier alpha value is -2.76. The maximum Gasteiger partial charge on any atom is 0.225 e. The van der Waals surface area contributed by atoms with Gasteiger partial charge in [0.1, 0.15) is 5.82 Å². The van der Waals surface area contributed by atoms with Crippen LogP contribution in [-0.4, -0.2) is 31.7 Å². The van der Waals surface area contributed by atoms with E-state index in [2.05, 4.69) is 29.5 Å². The van der Waals surface area contributed by atoms with Crippen molar-refractivity contribution in [3.05, 3.63) is 42.1 Å². The number of aryl methyl sites for hydroxylation is 1. The van der Waals surface area contributed by atoms with E-state index in [1.165, 1.54) is 0 Å². The second kappa shape index (κ2) is 10.4. The summed E-state index contributed by atoms with van der Waals surface area (Å²) >= 11 is 0. The topological polar surface area (TPSA) is 72.5 Å². The summed E-state index contributed by atoms with van der Waals surface area (Å²) in [4.78, 5) is 16.5. The summed E-state index contributed by atoms with van der Waals surface area (Å²) in [5, 5.41) is 6.16. The molecule has 0 fully saturated rings. The Bertz CT molecular complexity index is 730. The van der Waals surface area contributed by atoms with Crippen LogP contribution >= 0.6 is 0 Å². The molecule has 0 aliphatic carbocycles. The van der Waals surface area contributed by atoms with Gasteiger partial charge in [-0.1, -0.05) is 19.9 Å². The number of hydrogen-bond donors (Lipinski definition) is 2. The van der Waals surface area contributed by atoms with Crippen molar-refractivity contribution in [2.75, 3.05) is 31.4 Å². The quantitative estimate of drug-likeness (QED) is 0.657. The molecule has 0 unspecified atom stereocenters. The Labute approximate surface area is 161 Å². The predicted molar refractivity (Wildman–Crippen MR) is 109 cm³/mol. The van der Waals surface area contributed by atoms with E-state index in [1.807, 2.05) is 30.3 Å². The van der Waals surface area contributed by atoms with Crippen LogP contribution in [0, 0.1) is 5.92 Å². The average molecular weight is 371 g/mol. The van der Waals surface area contributed by atoms with Crippen molar-refractivity contribution in [3.63, 3.8) is 0 Å². The highest BCUT2D eigenvalue weighted by Gasteiger charge is 2.08. The monoisotopic (exact) mass is 371 g/mol. The third-order valence-corrected chi connectivity index (χ3v) is 4.17. The zero-order valence-electron chi connectivity index (χ0n) is 16.5. The zero-order valence-corrected chi connectivity index (χ0v) is 16.5. The van der Waals surface area contributed by atoms with E-state index in [1.54, 1.807) is 20.4 Å². The molecule has 2 aromatic rings. The summed E-state index contributed by atoms with van der Waals surface area (Å²) < 4.78 is 10.5. The number of pyridine rings is 1. The lowest BCUT2D eigenvalue weighted by atomic mass is 10.1. The molecule has 146 valence electrons. The molecule has 1 amide bonds. The van der Waals surface area contributed by atoms with Crippen molar-refractivity contribution in [2.24, 2.45) is 5.92 Å². The summed E-state index contributed by atoms with van der Waals surface area (Å²) in [6.45, 7) is 5.30. The van der Waals surface area contributed by atoms with Crippen LogP contribution in [0.4, 0.5) is 11.5 Å². The Morgan fingerprint density at radius 2 is 1.89 bits per heavy atom. The zero-order chi connectivity index (χ0) is 19.6. The molecule has 0 radical (unpaired) electrons. The smallest absolute Gasteiger partial charge is 0.225 e. The Balaban J connectivity index is 1.81. The maximum absolute atomic E-state index is 12.2. The number of nitrogens with zero attached hydrogens (tertiary/aromatic N) is 1. The lowest BCUT2D eigenvalue weighted by Gasteiger charge is -2.10. The molecule has 0 bridgehead atoms. The molecule has 0 saturated carbocycles. The van der Waals surface area contributed by atoms with Gasteiger partial charge in [0.25, 0.3) is 0 Å². The number of carbonyl (C=O) groups is 1. The van der Waals surface area contributed by atoms with Gasteiger partial charge >= 0.3 is 0 Å². The third kappa shape index (κ3) is 6.81. The highest BCUT2D eigenvalue weighted by molar-refractivity contribution is 5.89. The van der Waals surface area contributed by atoms with Crippen LogP contribution in [0.15, 0.2) is 36.5 Å². The predicted octanol–water partition coefficient (Wildman–Crippen LogP) is 4.13. The molecule has 6 heteroatoms. The van der Waals surface area contributed by atoms with E-state index in [9.17, 15) is 4.79 Å². The van der Waals surface area contributed by atoms with Crippen LogP contribution in [-0.2, 0) is 11.2 Å². The number of rotatable bonds is 10. The molecule has 2 N–H and O–H groups in total. The van der Waals surface area contributed by atoms with Gasteiger partial charge in [0.2, 0.25) is 5.91 Å². The van der Waals surface area contributed by atoms with E-state index in [4.69, 9.17) is 9.47 Å². The van der Waals surface area contributed by atoms with Gasteiger partial charge < -0.3 is 20.1 Å². The lowest BCUT2D eigenvalue weighted by Crippen LogP contribution is -2.13. The van der Waals surface area contributed by atoms with Crippen molar-refractivity contribution in [2.45, 2.75) is 33.1 Å². The molecule has 0 aliphatic rings. The van der Waals surface area contributed by atoms with Gasteiger partial charge in [0.15, 0.2) is 11.5 Å². The number of carbonyl (C=O) groups excluding carboxylic acids is 1. The molecule has 0 spiro atoms. The molecular weight excluding hydrogens is 342 g/mol. The van der Waals surface area contributed by atoms with Crippen LogP contribution in [0.1, 0.15) is 32.3 Å². The number of aromatic nitrogens is 1. The average Bonchev–Trinajstić information content (AvgIpc) is 2.67. The largest absolute Gasteiger partial charge is 0.493 e. The summed E-state index contributed by atoms with van der Waals surface area (Å²) in [5.74, 6) is 2.49. The first-order chi connectivity index (χ1) is 13.0. The van der Waals surface area contributed by atoms with Gasteiger partial charge in [-0.2, -0.15) is 0 Å². The van der Waals surface area contributed by atoms with Crippen molar-refractivity contribution >= 4 is 17.4 Å². The Morgan fingerprint density at radius 3 is 2.52 bits per heavy atom. The van der Waals surface area contributed by atoms with Crippen molar-refractivity contribution < 1.29 is 14.3 Å². The molecule has 1 aromatic heterocycles. The summed E-state index contributed by atoms with van der Waals surface area (Å²) in [5.41, 5.74) is 1.97. The molecule has 0 aliphatic heterocycles. The van der Waals surface area contributed by atoms with Crippen LogP contribution < -0.4 is 20.1 Å². The minimum absolute atomic E-state index is 0.0715. The fourth-order valence-corrected chi connectivity index (χ4v) is 2.58. The van der Waals surface area contributed by atoms with Crippen LogP contribution in [0.5, 0.6) is 11.5 Å². The number of ether oxygens (including phenoxy) is 2. The third-order valence-electron chi connectivity index (χ3n) is 4.17. The normalized spacial score (nSPS) is 10.6. The van der Waals surface area contributed by atoms with Gasteiger partial charge in [0, 0.05) is 13.0 Å². The van der Waals surface area contributed by atoms with E-state index >= 15 is 0 Å². The van der Waals surface area contributed by atoms with E-state index in [-0.39, 0.29) is 5.91 Å². The molecule has 27 heavy (non-hydrogen) atoms. The Kier molecular flexibility index (Phi) is 7.92. The first-order valence-corrected chi connectivity index (χ1v) is 9.22. The molecule has 6 nitrogen and oxygen atoms in total. The number of hydrogen-bond acceptors (Lipinski definition) is 5. The second-order valence-corrected chi connectivity index (χ2v) is 6.78. The summed E-state index contributed by atoms with van der Waals surface area (Å²) in [6.07, 6.45) is 3.82. The van der Waals surface area contributed by atoms with Gasteiger partial charge in [-0.15, -0.1) is 0 Å². The minimum Gasteiger partial charge on any atom is -0.493 e. The van der Waals surface area contributed by atoms with E-state index in [0.717, 1.165) is 24.2 Å². The van der Waals surface area contributed by atoms with Crippen molar-refractivity contribution in [1.82, 2.24) is 4.98 Å². The number of anilines is 2. The first kappa shape index (κ1) is 20.6. The van der Waals surface area contributed by atoms with Crippen LogP contribution in [0.3, 0.4) is 0 Å². The van der Waals surface area contributed by atoms with E-state index in [0.29, 0.717) is 36.1 Å². The standard InChI is InChI=1S/C21H29N3O3/c1-15(2)11-12-22-17-7-9-20(23-14-17)24-21(25)10-6-16-5-8-18(26-3)19(13-16)27-4/h5,7-9,13-15,22H,6,10-12H2,1-4H3,(H,23,24,25). The van der Waals surface area contributed by atoms with Gasteiger partial charge in [-0.25, -0.2) is 4.98 Å². The number of amides is 1. The lowest BCUT2D eigenvalue weighted by molar-refractivity contribution is -0.116.